The normalized spacial score (nSPS) is 28.6. The molecule has 4 nitrogen and oxygen atoms in total. The summed E-state index contributed by atoms with van der Waals surface area (Å²) in [7, 11) is 3.62. The molecule has 2 atom stereocenters. The SMILES string of the molecule is CCOC1CC(NCCC(=O)N(C)C)C12CCC2. The molecule has 0 aromatic heterocycles. The lowest BCUT2D eigenvalue weighted by Gasteiger charge is -2.61. The third-order valence-electron chi connectivity index (χ3n) is 4.67. The van der Waals surface area contributed by atoms with E-state index < -0.39 is 0 Å². The van der Waals surface area contributed by atoms with Crippen molar-refractivity contribution in [2.24, 2.45) is 5.41 Å². The lowest BCUT2D eigenvalue weighted by molar-refractivity contribution is -0.172. The molecule has 0 aliphatic heterocycles. The van der Waals surface area contributed by atoms with Crippen LogP contribution >= 0.6 is 0 Å². The largest absolute Gasteiger partial charge is 0.378 e. The van der Waals surface area contributed by atoms with Gasteiger partial charge in [0.25, 0.3) is 0 Å². The number of hydrogen-bond acceptors (Lipinski definition) is 3. The smallest absolute Gasteiger partial charge is 0.223 e. The molecular weight excluding hydrogens is 228 g/mol. The first-order valence-electron chi connectivity index (χ1n) is 7.15. The minimum Gasteiger partial charge on any atom is -0.378 e. The molecule has 0 heterocycles. The van der Waals surface area contributed by atoms with E-state index in [4.69, 9.17) is 4.74 Å². The summed E-state index contributed by atoms with van der Waals surface area (Å²) in [5.41, 5.74) is 0.400. The van der Waals surface area contributed by atoms with Crippen LogP contribution in [0.15, 0.2) is 0 Å². The highest BCUT2D eigenvalue weighted by atomic mass is 16.5. The molecule has 0 aromatic rings. The van der Waals surface area contributed by atoms with Gasteiger partial charge in [0.05, 0.1) is 6.10 Å². The molecule has 2 unspecified atom stereocenters. The molecule has 0 saturated heterocycles. The average Bonchev–Trinajstić information content (AvgIpc) is 2.23. The van der Waals surface area contributed by atoms with Gasteiger partial charge in [0.2, 0.25) is 5.91 Å². The molecule has 2 fully saturated rings. The van der Waals surface area contributed by atoms with Crippen molar-refractivity contribution in [2.75, 3.05) is 27.2 Å². The van der Waals surface area contributed by atoms with Gasteiger partial charge < -0.3 is 15.0 Å². The van der Waals surface area contributed by atoms with Crippen molar-refractivity contribution in [3.8, 4) is 0 Å². The molecule has 4 heteroatoms. The predicted octanol–water partition coefficient (Wildman–Crippen LogP) is 1.40. The number of nitrogens with zero attached hydrogens (tertiary/aromatic N) is 1. The third kappa shape index (κ3) is 2.41. The van der Waals surface area contributed by atoms with E-state index in [0.717, 1.165) is 19.6 Å². The fourth-order valence-corrected chi connectivity index (χ4v) is 3.30. The van der Waals surface area contributed by atoms with Crippen molar-refractivity contribution in [3.05, 3.63) is 0 Å². The summed E-state index contributed by atoms with van der Waals surface area (Å²) in [6, 6.07) is 0.567. The van der Waals surface area contributed by atoms with Crippen LogP contribution in [0.25, 0.3) is 0 Å². The van der Waals surface area contributed by atoms with Crippen LogP contribution in [0.3, 0.4) is 0 Å². The summed E-state index contributed by atoms with van der Waals surface area (Å²) in [4.78, 5) is 13.2. The first-order valence-corrected chi connectivity index (χ1v) is 7.15. The zero-order valence-electron chi connectivity index (χ0n) is 11.9. The number of ether oxygens (including phenoxy) is 1. The van der Waals surface area contributed by atoms with Crippen LogP contribution in [0.4, 0.5) is 0 Å². The van der Waals surface area contributed by atoms with Crippen molar-refractivity contribution in [2.45, 2.75) is 51.2 Å². The van der Waals surface area contributed by atoms with Crippen molar-refractivity contribution >= 4 is 5.91 Å². The van der Waals surface area contributed by atoms with E-state index in [1.165, 1.54) is 19.3 Å². The minimum absolute atomic E-state index is 0.200. The molecule has 2 aliphatic rings. The molecule has 0 aromatic carbocycles. The van der Waals surface area contributed by atoms with Gasteiger partial charge in [-0.25, -0.2) is 0 Å². The number of carbonyl (C=O) groups excluding carboxylic acids is 1. The number of nitrogens with one attached hydrogen (secondary N) is 1. The number of hydrogen-bond donors (Lipinski definition) is 1. The molecule has 2 rings (SSSR count). The van der Waals surface area contributed by atoms with Gasteiger partial charge >= 0.3 is 0 Å². The lowest BCUT2D eigenvalue weighted by Crippen LogP contribution is -2.67. The maximum absolute atomic E-state index is 11.5. The quantitative estimate of drug-likeness (QED) is 0.779. The highest BCUT2D eigenvalue weighted by Crippen LogP contribution is 2.57. The second-order valence-electron chi connectivity index (χ2n) is 5.81. The number of carbonyl (C=O) groups is 1. The molecule has 2 saturated carbocycles. The van der Waals surface area contributed by atoms with Gasteiger partial charge in [-0.05, 0) is 26.2 Å². The van der Waals surface area contributed by atoms with E-state index in [0.29, 0.717) is 24.0 Å². The van der Waals surface area contributed by atoms with E-state index in [1.54, 1.807) is 4.90 Å². The molecular formula is C14H26N2O2. The fourth-order valence-electron chi connectivity index (χ4n) is 3.30. The summed E-state index contributed by atoms with van der Waals surface area (Å²) >= 11 is 0. The molecule has 104 valence electrons. The zero-order valence-corrected chi connectivity index (χ0v) is 11.9. The van der Waals surface area contributed by atoms with Crippen molar-refractivity contribution in [3.63, 3.8) is 0 Å². The van der Waals surface area contributed by atoms with Crippen LogP contribution < -0.4 is 5.32 Å². The summed E-state index contributed by atoms with van der Waals surface area (Å²) in [6.07, 6.45) is 6.08. The monoisotopic (exact) mass is 254 g/mol. The Kier molecular flexibility index (Phi) is 4.28. The number of rotatable bonds is 6. The van der Waals surface area contributed by atoms with E-state index in [9.17, 15) is 4.79 Å². The summed E-state index contributed by atoms with van der Waals surface area (Å²) in [5.74, 6) is 0.200. The standard InChI is InChI=1S/C14H26N2O2/c1-4-18-12-10-11(14(12)7-5-8-14)15-9-6-13(17)16(2)3/h11-12,15H,4-10H2,1-3H3. The third-order valence-corrected chi connectivity index (χ3v) is 4.67. The van der Waals surface area contributed by atoms with Crippen molar-refractivity contribution in [1.82, 2.24) is 10.2 Å². The van der Waals surface area contributed by atoms with Crippen LogP contribution in [0.1, 0.15) is 39.0 Å². The Labute approximate surface area is 110 Å². The highest BCUT2D eigenvalue weighted by molar-refractivity contribution is 5.75. The Bertz CT molecular complexity index is 300. The molecule has 18 heavy (non-hydrogen) atoms. The van der Waals surface area contributed by atoms with Gasteiger partial charge in [0.15, 0.2) is 0 Å². The molecule has 0 radical (unpaired) electrons. The van der Waals surface area contributed by atoms with Gasteiger partial charge in [-0.1, -0.05) is 6.42 Å². The Morgan fingerprint density at radius 3 is 2.67 bits per heavy atom. The van der Waals surface area contributed by atoms with E-state index in [1.807, 2.05) is 14.1 Å². The summed E-state index contributed by atoms with van der Waals surface area (Å²) in [5, 5.41) is 3.56. The Balaban J connectivity index is 1.73. The summed E-state index contributed by atoms with van der Waals surface area (Å²) < 4.78 is 5.82. The van der Waals surface area contributed by atoms with Gasteiger partial charge in [-0.2, -0.15) is 0 Å². The van der Waals surface area contributed by atoms with Gasteiger partial charge in [-0.3, -0.25) is 4.79 Å². The second-order valence-corrected chi connectivity index (χ2v) is 5.81. The molecule has 0 bridgehead atoms. The average molecular weight is 254 g/mol. The van der Waals surface area contributed by atoms with Gasteiger partial charge in [0, 0.05) is 45.1 Å². The lowest BCUT2D eigenvalue weighted by atomic mass is 9.51. The van der Waals surface area contributed by atoms with Crippen LogP contribution in [-0.4, -0.2) is 50.2 Å². The molecule has 2 aliphatic carbocycles. The Morgan fingerprint density at radius 2 is 2.17 bits per heavy atom. The number of amides is 1. The maximum Gasteiger partial charge on any atom is 0.223 e. The predicted molar refractivity (Wildman–Crippen MR) is 71.4 cm³/mol. The minimum atomic E-state index is 0.200. The van der Waals surface area contributed by atoms with Crippen LogP contribution in [-0.2, 0) is 9.53 Å². The second kappa shape index (κ2) is 5.57. The first kappa shape index (κ1) is 13.8. The maximum atomic E-state index is 11.5. The zero-order chi connectivity index (χ0) is 13.2. The van der Waals surface area contributed by atoms with Crippen LogP contribution in [0, 0.1) is 5.41 Å². The van der Waals surface area contributed by atoms with Crippen molar-refractivity contribution in [1.29, 1.82) is 0 Å². The summed E-state index contributed by atoms with van der Waals surface area (Å²) in [6.45, 7) is 3.68. The molecule has 1 spiro atoms. The van der Waals surface area contributed by atoms with Crippen LogP contribution in [0.2, 0.25) is 0 Å². The van der Waals surface area contributed by atoms with E-state index in [2.05, 4.69) is 12.2 Å². The van der Waals surface area contributed by atoms with Crippen LogP contribution in [0.5, 0.6) is 0 Å². The first-order chi connectivity index (χ1) is 8.60. The van der Waals surface area contributed by atoms with Gasteiger partial charge in [-0.15, -0.1) is 0 Å². The Hall–Kier alpha value is -0.610. The Morgan fingerprint density at radius 1 is 1.44 bits per heavy atom. The molecule has 1 amide bonds. The topological polar surface area (TPSA) is 41.6 Å². The molecule has 1 N–H and O–H groups in total. The van der Waals surface area contributed by atoms with Gasteiger partial charge in [0.1, 0.15) is 0 Å². The highest BCUT2D eigenvalue weighted by Gasteiger charge is 2.58. The fraction of sp³-hybridized carbons (Fsp3) is 0.929. The van der Waals surface area contributed by atoms with E-state index >= 15 is 0 Å². The van der Waals surface area contributed by atoms with E-state index in [-0.39, 0.29) is 5.91 Å². The van der Waals surface area contributed by atoms with Crippen molar-refractivity contribution < 1.29 is 9.53 Å².